The number of alkyl halides is 3. The number of carbonyl (C=O) groups is 2. The molecule has 0 saturated carbocycles. The quantitative estimate of drug-likeness (QED) is 0.668. The summed E-state index contributed by atoms with van der Waals surface area (Å²) in [6.45, 7) is 1.16. The molecule has 0 atom stereocenters. The smallest absolute Gasteiger partial charge is 0.420 e. The van der Waals surface area contributed by atoms with E-state index in [1.54, 1.807) is 0 Å². The predicted molar refractivity (Wildman–Crippen MR) is 77.2 cm³/mol. The largest absolute Gasteiger partial charge is 0.478 e. The van der Waals surface area contributed by atoms with E-state index in [1.165, 1.54) is 7.05 Å². The second-order valence-electron chi connectivity index (χ2n) is 5.02. The molecule has 0 aromatic carbocycles. The molecule has 10 heteroatoms. The number of carboxylic acid groups (broad SMARTS) is 1. The molecule has 0 fully saturated rings. The first-order valence-electron chi connectivity index (χ1n) is 6.54. The molecule has 0 bridgehead atoms. The van der Waals surface area contributed by atoms with Crippen LogP contribution in [0.25, 0.3) is 0 Å². The van der Waals surface area contributed by atoms with Crippen molar-refractivity contribution in [3.05, 3.63) is 45.5 Å². The van der Waals surface area contributed by atoms with Crippen LogP contribution in [0.4, 0.5) is 13.2 Å². The molecule has 0 saturated heterocycles. The van der Waals surface area contributed by atoms with Crippen molar-refractivity contribution < 1.29 is 27.9 Å². The standard InChI is InChI=1S/C14H11ClF3N3O3/c1-6-10(14(16,17)18)11(21(2)20-6)9(22)4-7-3-8(13(23)24)12(15)19-5-7/h3,5H,4H2,1-2H3,(H,23,24). The van der Waals surface area contributed by atoms with Crippen molar-refractivity contribution in [1.29, 1.82) is 0 Å². The maximum Gasteiger partial charge on any atom is 0.420 e. The first kappa shape index (κ1) is 17.9. The molecule has 0 unspecified atom stereocenters. The molecule has 0 aliphatic rings. The zero-order valence-electron chi connectivity index (χ0n) is 12.5. The van der Waals surface area contributed by atoms with Gasteiger partial charge in [-0.1, -0.05) is 11.6 Å². The molecule has 2 rings (SSSR count). The van der Waals surface area contributed by atoms with Crippen LogP contribution in [0.2, 0.25) is 5.15 Å². The van der Waals surface area contributed by atoms with Crippen LogP contribution in [0.1, 0.15) is 37.7 Å². The van der Waals surface area contributed by atoms with Gasteiger partial charge in [0.05, 0.1) is 11.3 Å². The van der Waals surface area contributed by atoms with Gasteiger partial charge in [0.1, 0.15) is 16.4 Å². The van der Waals surface area contributed by atoms with E-state index in [9.17, 15) is 22.8 Å². The van der Waals surface area contributed by atoms with Crippen LogP contribution in [-0.4, -0.2) is 31.6 Å². The van der Waals surface area contributed by atoms with E-state index in [0.29, 0.717) is 0 Å². The van der Waals surface area contributed by atoms with Crippen molar-refractivity contribution >= 4 is 23.4 Å². The highest BCUT2D eigenvalue weighted by Crippen LogP contribution is 2.34. The van der Waals surface area contributed by atoms with E-state index in [2.05, 4.69) is 10.1 Å². The summed E-state index contributed by atoms with van der Waals surface area (Å²) in [5.74, 6) is -2.21. The topological polar surface area (TPSA) is 85.1 Å². The lowest BCUT2D eigenvalue weighted by Crippen LogP contribution is -2.17. The van der Waals surface area contributed by atoms with E-state index in [4.69, 9.17) is 16.7 Å². The normalized spacial score (nSPS) is 11.6. The number of Topliss-reactive ketones (excluding diaryl/α,β-unsaturated/α-hetero) is 1. The van der Waals surface area contributed by atoms with Crippen molar-refractivity contribution in [2.24, 2.45) is 7.05 Å². The zero-order valence-corrected chi connectivity index (χ0v) is 13.2. The van der Waals surface area contributed by atoms with Gasteiger partial charge in [0, 0.05) is 19.7 Å². The summed E-state index contributed by atoms with van der Waals surface area (Å²) in [7, 11) is 1.23. The molecule has 128 valence electrons. The summed E-state index contributed by atoms with van der Waals surface area (Å²) in [5, 5.41) is 12.3. The fourth-order valence-corrected chi connectivity index (χ4v) is 2.51. The number of halogens is 4. The monoisotopic (exact) mass is 361 g/mol. The third-order valence-electron chi connectivity index (χ3n) is 3.26. The van der Waals surface area contributed by atoms with Crippen LogP contribution in [-0.2, 0) is 19.6 Å². The van der Waals surface area contributed by atoms with E-state index in [1.807, 2.05) is 0 Å². The molecule has 1 N–H and O–H groups in total. The van der Waals surface area contributed by atoms with Crippen molar-refractivity contribution in [2.75, 3.05) is 0 Å². The molecule has 2 aromatic heterocycles. The van der Waals surface area contributed by atoms with E-state index in [-0.39, 0.29) is 22.0 Å². The molecule has 0 aliphatic heterocycles. The molecule has 0 spiro atoms. The maximum absolute atomic E-state index is 13.1. The Labute approximate surface area is 138 Å². The van der Waals surface area contributed by atoms with E-state index < -0.39 is 35.6 Å². The average Bonchev–Trinajstić information content (AvgIpc) is 2.75. The summed E-state index contributed by atoms with van der Waals surface area (Å²) in [6, 6.07) is 1.10. The number of pyridine rings is 1. The van der Waals surface area contributed by atoms with Crippen LogP contribution in [0.3, 0.4) is 0 Å². The average molecular weight is 362 g/mol. The van der Waals surface area contributed by atoms with Gasteiger partial charge in [-0.15, -0.1) is 0 Å². The van der Waals surface area contributed by atoms with Crippen molar-refractivity contribution in [3.63, 3.8) is 0 Å². The van der Waals surface area contributed by atoms with Gasteiger partial charge in [-0.25, -0.2) is 9.78 Å². The van der Waals surface area contributed by atoms with Gasteiger partial charge in [-0.2, -0.15) is 18.3 Å². The Morgan fingerprint density at radius 1 is 1.38 bits per heavy atom. The van der Waals surface area contributed by atoms with Crippen LogP contribution < -0.4 is 0 Å². The molecule has 0 radical (unpaired) electrons. The summed E-state index contributed by atoms with van der Waals surface area (Å²) < 4.78 is 40.3. The van der Waals surface area contributed by atoms with Crippen molar-refractivity contribution in [1.82, 2.24) is 14.8 Å². The molecule has 2 heterocycles. The van der Waals surface area contributed by atoms with Crippen LogP contribution in [0.15, 0.2) is 12.3 Å². The number of aromatic nitrogens is 3. The SMILES string of the molecule is Cc1nn(C)c(C(=O)Cc2cnc(Cl)c(C(=O)O)c2)c1C(F)(F)F. The summed E-state index contributed by atoms with van der Waals surface area (Å²) in [6.07, 6.45) is -4.05. The third kappa shape index (κ3) is 3.40. The second kappa shape index (κ2) is 6.23. The van der Waals surface area contributed by atoms with E-state index >= 15 is 0 Å². The Morgan fingerprint density at radius 2 is 2.00 bits per heavy atom. The molecule has 0 amide bonds. The van der Waals surface area contributed by atoms with E-state index in [0.717, 1.165) is 23.9 Å². The molecule has 24 heavy (non-hydrogen) atoms. The Hall–Kier alpha value is -2.42. The lowest BCUT2D eigenvalue weighted by Gasteiger charge is -2.09. The Morgan fingerprint density at radius 3 is 2.54 bits per heavy atom. The minimum Gasteiger partial charge on any atom is -0.478 e. The Bertz CT molecular complexity index is 831. The minimum atomic E-state index is -4.73. The highest BCUT2D eigenvalue weighted by Gasteiger charge is 2.40. The summed E-state index contributed by atoms with van der Waals surface area (Å²) in [4.78, 5) is 26.9. The van der Waals surface area contributed by atoms with Gasteiger partial charge in [0.15, 0.2) is 5.78 Å². The van der Waals surface area contributed by atoms with Gasteiger partial charge in [-0.05, 0) is 18.6 Å². The zero-order chi connectivity index (χ0) is 18.2. The van der Waals surface area contributed by atoms with Gasteiger partial charge in [0.2, 0.25) is 0 Å². The number of ketones is 1. The third-order valence-corrected chi connectivity index (χ3v) is 3.56. The van der Waals surface area contributed by atoms with Crippen LogP contribution in [0, 0.1) is 6.92 Å². The number of hydrogen-bond donors (Lipinski definition) is 1. The predicted octanol–water partition coefficient (Wildman–Crippen LogP) is 2.92. The highest BCUT2D eigenvalue weighted by molar-refractivity contribution is 6.32. The molecule has 0 aliphatic carbocycles. The minimum absolute atomic E-state index is 0.133. The molecule has 2 aromatic rings. The van der Waals surface area contributed by atoms with Crippen molar-refractivity contribution in [2.45, 2.75) is 19.5 Å². The Balaban J connectivity index is 2.42. The number of aryl methyl sites for hydroxylation is 2. The van der Waals surface area contributed by atoms with Gasteiger partial charge in [0.25, 0.3) is 0 Å². The Kier molecular flexibility index (Phi) is 4.66. The first-order valence-corrected chi connectivity index (χ1v) is 6.92. The van der Waals surface area contributed by atoms with Gasteiger partial charge < -0.3 is 5.11 Å². The lowest BCUT2D eigenvalue weighted by atomic mass is 10.0. The van der Waals surface area contributed by atoms with Gasteiger partial charge in [-0.3, -0.25) is 9.48 Å². The number of hydrogen-bond acceptors (Lipinski definition) is 4. The first-order chi connectivity index (χ1) is 11.0. The van der Waals surface area contributed by atoms with Gasteiger partial charge >= 0.3 is 12.1 Å². The van der Waals surface area contributed by atoms with Crippen LogP contribution >= 0.6 is 11.6 Å². The van der Waals surface area contributed by atoms with Crippen LogP contribution in [0.5, 0.6) is 0 Å². The molecule has 6 nitrogen and oxygen atoms in total. The number of nitrogens with zero attached hydrogens (tertiary/aromatic N) is 3. The number of carbonyl (C=O) groups excluding carboxylic acids is 1. The second-order valence-corrected chi connectivity index (χ2v) is 5.38. The number of aromatic carboxylic acids is 1. The fraction of sp³-hybridized carbons (Fsp3) is 0.286. The fourth-order valence-electron chi connectivity index (χ4n) is 2.32. The lowest BCUT2D eigenvalue weighted by molar-refractivity contribution is -0.138. The summed E-state index contributed by atoms with van der Waals surface area (Å²) >= 11 is 5.62. The molecular weight excluding hydrogens is 351 g/mol. The number of carboxylic acids is 1. The molecular formula is C14H11ClF3N3O3. The number of rotatable bonds is 4. The maximum atomic E-state index is 13.1. The highest BCUT2D eigenvalue weighted by atomic mass is 35.5. The van der Waals surface area contributed by atoms with Crippen molar-refractivity contribution in [3.8, 4) is 0 Å². The summed E-state index contributed by atoms with van der Waals surface area (Å²) in [5.41, 5.74) is -2.20.